The molecule has 38 heavy (non-hydrogen) atoms. The number of anilines is 3. The lowest BCUT2D eigenvalue weighted by atomic mass is 10.1. The van der Waals surface area contributed by atoms with E-state index in [0.717, 1.165) is 66.2 Å². The minimum atomic E-state index is -0.372. The van der Waals surface area contributed by atoms with Crippen LogP contribution in [-0.2, 0) is 11.3 Å². The fourth-order valence-corrected chi connectivity index (χ4v) is 4.84. The van der Waals surface area contributed by atoms with Gasteiger partial charge in [-0.15, -0.1) is 0 Å². The molecule has 1 aliphatic rings. The number of benzene rings is 3. The molecule has 0 aliphatic carbocycles. The molecule has 2 heterocycles. The van der Waals surface area contributed by atoms with Gasteiger partial charge in [-0.1, -0.05) is 18.2 Å². The third kappa shape index (κ3) is 5.92. The third-order valence-corrected chi connectivity index (χ3v) is 6.91. The molecule has 0 saturated carbocycles. The molecule has 0 radical (unpaired) electrons. The lowest BCUT2D eigenvalue weighted by molar-refractivity contribution is 0.102. The number of fused-ring (bicyclic) bond motifs is 1. The van der Waals surface area contributed by atoms with Gasteiger partial charge in [-0.05, 0) is 85.8 Å². The van der Waals surface area contributed by atoms with Crippen molar-refractivity contribution in [3.05, 3.63) is 89.2 Å². The number of nitrogens with zero attached hydrogens (tertiary/aromatic N) is 3. The van der Waals surface area contributed by atoms with Gasteiger partial charge in [-0.25, -0.2) is 9.37 Å². The molecule has 1 aliphatic heterocycles. The van der Waals surface area contributed by atoms with Crippen molar-refractivity contribution in [2.75, 3.05) is 35.8 Å². The summed E-state index contributed by atoms with van der Waals surface area (Å²) >= 11 is 0. The van der Waals surface area contributed by atoms with E-state index in [-0.39, 0.29) is 11.7 Å². The summed E-state index contributed by atoms with van der Waals surface area (Å²) < 4.78 is 18.5. The number of halogens is 1. The molecular formula is C30H32FN5O2. The number of rotatable bonds is 9. The van der Waals surface area contributed by atoms with Crippen molar-refractivity contribution in [1.82, 2.24) is 9.97 Å². The highest BCUT2D eigenvalue weighted by Crippen LogP contribution is 2.30. The van der Waals surface area contributed by atoms with Crippen molar-refractivity contribution in [3.63, 3.8) is 0 Å². The highest BCUT2D eigenvalue weighted by atomic mass is 19.1. The van der Waals surface area contributed by atoms with Crippen molar-refractivity contribution in [3.8, 4) is 0 Å². The number of carbonyl (C=O) groups excluding carboxylic acids is 1. The smallest absolute Gasteiger partial charge is 0.255 e. The molecule has 1 atom stereocenters. The average Bonchev–Trinajstić information content (AvgIpc) is 3.40. The first-order valence-electron chi connectivity index (χ1n) is 12.9. The van der Waals surface area contributed by atoms with Crippen LogP contribution in [0.3, 0.4) is 0 Å². The molecule has 1 aromatic heterocycles. The SMILES string of the molecule is COCC[C@@H]1CCCN1c1nc(NCc2ccc(NC(=O)c3ccc(F)cc3)cc2)c2ccc(C)cc2n1. The second-order valence-electron chi connectivity index (χ2n) is 9.68. The van der Waals surface area contributed by atoms with Crippen LogP contribution in [0, 0.1) is 12.7 Å². The quantitative estimate of drug-likeness (QED) is 0.288. The van der Waals surface area contributed by atoms with Gasteiger partial charge in [0.15, 0.2) is 0 Å². The topological polar surface area (TPSA) is 79.4 Å². The van der Waals surface area contributed by atoms with E-state index >= 15 is 0 Å². The Morgan fingerprint density at radius 3 is 2.63 bits per heavy atom. The highest BCUT2D eigenvalue weighted by Gasteiger charge is 2.27. The van der Waals surface area contributed by atoms with Crippen molar-refractivity contribution in [1.29, 1.82) is 0 Å². The van der Waals surface area contributed by atoms with E-state index in [1.165, 1.54) is 24.3 Å². The van der Waals surface area contributed by atoms with Gasteiger partial charge in [0.2, 0.25) is 5.95 Å². The Kier molecular flexibility index (Phi) is 7.79. The largest absolute Gasteiger partial charge is 0.385 e. The van der Waals surface area contributed by atoms with Crippen LogP contribution in [0.5, 0.6) is 0 Å². The number of amides is 1. The van der Waals surface area contributed by atoms with Gasteiger partial charge in [-0.2, -0.15) is 4.98 Å². The summed E-state index contributed by atoms with van der Waals surface area (Å²) in [6, 6.07) is 19.7. The number of hydrogen-bond acceptors (Lipinski definition) is 6. The van der Waals surface area contributed by atoms with Gasteiger partial charge in [0.1, 0.15) is 11.6 Å². The fourth-order valence-electron chi connectivity index (χ4n) is 4.84. The van der Waals surface area contributed by atoms with E-state index in [1.54, 1.807) is 7.11 Å². The van der Waals surface area contributed by atoms with Gasteiger partial charge in [-0.3, -0.25) is 4.79 Å². The molecule has 1 fully saturated rings. The van der Waals surface area contributed by atoms with Gasteiger partial charge < -0.3 is 20.3 Å². The Labute approximate surface area is 222 Å². The van der Waals surface area contributed by atoms with Crippen molar-refractivity contribution < 1.29 is 13.9 Å². The molecule has 1 saturated heterocycles. The monoisotopic (exact) mass is 513 g/mol. The van der Waals surface area contributed by atoms with Gasteiger partial charge >= 0.3 is 0 Å². The Bertz CT molecular complexity index is 1410. The lowest BCUT2D eigenvalue weighted by Crippen LogP contribution is -2.32. The molecule has 7 nitrogen and oxygen atoms in total. The van der Waals surface area contributed by atoms with Crippen molar-refractivity contribution >= 4 is 34.3 Å². The van der Waals surface area contributed by atoms with Gasteiger partial charge in [0.05, 0.1) is 5.52 Å². The van der Waals surface area contributed by atoms with Crippen LogP contribution >= 0.6 is 0 Å². The maximum atomic E-state index is 13.1. The van der Waals surface area contributed by atoms with Crippen LogP contribution in [0.25, 0.3) is 10.9 Å². The number of aryl methyl sites for hydroxylation is 1. The maximum absolute atomic E-state index is 13.1. The minimum absolute atomic E-state index is 0.281. The van der Waals surface area contributed by atoms with E-state index in [0.29, 0.717) is 23.8 Å². The first kappa shape index (κ1) is 25.6. The summed E-state index contributed by atoms with van der Waals surface area (Å²) in [7, 11) is 1.74. The second kappa shape index (κ2) is 11.6. The second-order valence-corrected chi connectivity index (χ2v) is 9.68. The summed E-state index contributed by atoms with van der Waals surface area (Å²) in [5, 5.41) is 7.34. The third-order valence-electron chi connectivity index (χ3n) is 6.91. The summed E-state index contributed by atoms with van der Waals surface area (Å²) in [4.78, 5) is 24.6. The Morgan fingerprint density at radius 2 is 1.87 bits per heavy atom. The summed E-state index contributed by atoms with van der Waals surface area (Å²) in [6.45, 7) is 4.30. The summed E-state index contributed by atoms with van der Waals surface area (Å²) in [6.07, 6.45) is 3.19. The van der Waals surface area contributed by atoms with E-state index in [4.69, 9.17) is 14.7 Å². The zero-order valence-corrected chi connectivity index (χ0v) is 21.7. The standard InChI is InChI=1S/C30H32FN5O2/c1-20-5-14-26-27(18-20)34-30(36-16-3-4-25(36)15-17-38-2)35-28(26)32-19-21-6-12-24(13-7-21)33-29(37)22-8-10-23(31)11-9-22/h5-14,18,25H,3-4,15-17,19H2,1-2H3,(H,33,37)(H,32,34,35)/t25-/m0/s1. The van der Waals surface area contributed by atoms with Crippen LogP contribution in [0.15, 0.2) is 66.7 Å². The van der Waals surface area contributed by atoms with Crippen molar-refractivity contribution in [2.45, 2.75) is 38.8 Å². The molecule has 8 heteroatoms. The summed E-state index contributed by atoms with van der Waals surface area (Å²) in [5.41, 5.74) is 4.20. The lowest BCUT2D eigenvalue weighted by Gasteiger charge is -2.25. The normalized spacial score (nSPS) is 15.1. The Morgan fingerprint density at radius 1 is 1.08 bits per heavy atom. The molecule has 196 valence electrons. The number of aromatic nitrogens is 2. The predicted octanol–water partition coefficient (Wildman–Crippen LogP) is 5.95. The number of methoxy groups -OCH3 is 1. The molecule has 3 aromatic carbocycles. The minimum Gasteiger partial charge on any atom is -0.385 e. The summed E-state index contributed by atoms with van der Waals surface area (Å²) in [5.74, 6) is 0.902. The maximum Gasteiger partial charge on any atom is 0.255 e. The van der Waals surface area contributed by atoms with Crippen LogP contribution in [-0.4, -0.2) is 42.2 Å². The number of carbonyl (C=O) groups is 1. The van der Waals surface area contributed by atoms with Crippen molar-refractivity contribution in [2.24, 2.45) is 0 Å². The average molecular weight is 514 g/mol. The van der Waals surface area contributed by atoms with Crippen LogP contribution < -0.4 is 15.5 Å². The molecule has 0 unspecified atom stereocenters. The fraction of sp³-hybridized carbons (Fsp3) is 0.300. The number of hydrogen-bond donors (Lipinski definition) is 2. The zero-order chi connectivity index (χ0) is 26.5. The number of nitrogens with one attached hydrogen (secondary N) is 2. The van der Waals surface area contributed by atoms with E-state index < -0.39 is 0 Å². The van der Waals surface area contributed by atoms with E-state index in [1.807, 2.05) is 24.3 Å². The van der Waals surface area contributed by atoms with E-state index in [2.05, 4.69) is 40.7 Å². The Balaban J connectivity index is 1.31. The van der Waals surface area contributed by atoms with E-state index in [9.17, 15) is 9.18 Å². The van der Waals surface area contributed by atoms with Crippen LogP contribution in [0.4, 0.5) is 21.8 Å². The van der Waals surface area contributed by atoms with Crippen LogP contribution in [0.2, 0.25) is 0 Å². The van der Waals surface area contributed by atoms with Gasteiger partial charge in [0.25, 0.3) is 5.91 Å². The zero-order valence-electron chi connectivity index (χ0n) is 21.7. The first-order valence-corrected chi connectivity index (χ1v) is 12.9. The number of ether oxygens (including phenoxy) is 1. The molecule has 4 aromatic rings. The Hall–Kier alpha value is -4.04. The molecule has 2 N–H and O–H groups in total. The highest BCUT2D eigenvalue weighted by molar-refractivity contribution is 6.04. The molecule has 0 bridgehead atoms. The molecule has 1 amide bonds. The first-order chi connectivity index (χ1) is 18.5. The molecule has 5 rings (SSSR count). The van der Waals surface area contributed by atoms with Gasteiger partial charge in [0, 0.05) is 49.5 Å². The molecular weight excluding hydrogens is 481 g/mol. The van der Waals surface area contributed by atoms with Crippen LogP contribution in [0.1, 0.15) is 40.7 Å². The predicted molar refractivity (Wildman–Crippen MR) is 149 cm³/mol. The molecule has 0 spiro atoms.